The van der Waals surface area contributed by atoms with Crippen LogP contribution in [0.2, 0.25) is 0 Å². The van der Waals surface area contributed by atoms with Crippen molar-refractivity contribution in [1.82, 2.24) is 10.2 Å². The lowest BCUT2D eigenvalue weighted by molar-refractivity contribution is -0.131. The van der Waals surface area contributed by atoms with Crippen LogP contribution in [-0.4, -0.2) is 36.6 Å². The number of hydrogen-bond acceptors (Lipinski definition) is 4. The van der Waals surface area contributed by atoms with Crippen LogP contribution in [-0.2, 0) is 11.3 Å². The number of amides is 3. The van der Waals surface area contributed by atoms with Crippen molar-refractivity contribution in [3.8, 4) is 11.5 Å². The van der Waals surface area contributed by atoms with E-state index in [9.17, 15) is 9.59 Å². The van der Waals surface area contributed by atoms with Crippen LogP contribution in [0.15, 0.2) is 16.6 Å². The second kappa shape index (κ2) is 6.03. The molecule has 0 unspecified atom stereocenters. The van der Waals surface area contributed by atoms with Gasteiger partial charge in [0.05, 0.1) is 20.8 Å². The molecule has 3 rings (SSSR count). The van der Waals surface area contributed by atoms with Crippen LogP contribution in [0.3, 0.4) is 0 Å². The molecule has 1 aromatic carbocycles. The summed E-state index contributed by atoms with van der Waals surface area (Å²) in [6.45, 7) is 0.202. The average Bonchev–Trinajstić information content (AvgIpc) is 3.09. The highest BCUT2D eigenvalue weighted by Gasteiger charge is 2.52. The number of carbonyl (C=O) groups excluding carboxylic acids is 2. The molecule has 2 fully saturated rings. The molecule has 1 aliphatic carbocycles. The molecule has 1 saturated carbocycles. The van der Waals surface area contributed by atoms with Gasteiger partial charge in [0.1, 0.15) is 5.54 Å². The lowest BCUT2D eigenvalue weighted by atomic mass is 9.98. The van der Waals surface area contributed by atoms with Gasteiger partial charge in [0.15, 0.2) is 11.5 Å². The Morgan fingerprint density at radius 3 is 2.39 bits per heavy atom. The number of hydrogen-bond donors (Lipinski definition) is 1. The molecule has 124 valence electrons. The molecule has 0 radical (unpaired) electrons. The Bertz CT molecular complexity index is 656. The van der Waals surface area contributed by atoms with Gasteiger partial charge in [-0.1, -0.05) is 28.8 Å². The first-order chi connectivity index (χ1) is 11.0. The zero-order valence-corrected chi connectivity index (χ0v) is 14.7. The Labute approximate surface area is 143 Å². The van der Waals surface area contributed by atoms with Crippen LogP contribution >= 0.6 is 15.9 Å². The molecule has 1 heterocycles. The highest BCUT2D eigenvalue weighted by Crippen LogP contribution is 2.38. The molecular formula is C16H19BrN2O4. The number of rotatable bonds is 4. The maximum absolute atomic E-state index is 12.7. The van der Waals surface area contributed by atoms with Gasteiger partial charge in [-0.25, -0.2) is 4.79 Å². The zero-order chi connectivity index (χ0) is 16.6. The summed E-state index contributed by atoms with van der Waals surface area (Å²) in [4.78, 5) is 26.3. The minimum Gasteiger partial charge on any atom is -0.493 e. The van der Waals surface area contributed by atoms with E-state index in [0.717, 1.165) is 35.7 Å². The van der Waals surface area contributed by atoms with E-state index in [1.165, 1.54) is 4.90 Å². The molecule has 3 amide bonds. The first-order valence-electron chi connectivity index (χ1n) is 7.55. The number of urea groups is 1. The monoisotopic (exact) mass is 382 g/mol. The van der Waals surface area contributed by atoms with Crippen LogP contribution in [0.25, 0.3) is 0 Å². The summed E-state index contributed by atoms with van der Waals surface area (Å²) < 4.78 is 11.3. The van der Waals surface area contributed by atoms with Gasteiger partial charge in [-0.3, -0.25) is 9.69 Å². The number of nitrogens with one attached hydrogen (secondary N) is 1. The maximum atomic E-state index is 12.7. The molecule has 6 nitrogen and oxygen atoms in total. The lowest BCUT2D eigenvalue weighted by Crippen LogP contribution is -2.44. The van der Waals surface area contributed by atoms with Gasteiger partial charge in [0.2, 0.25) is 0 Å². The van der Waals surface area contributed by atoms with Crippen LogP contribution in [0.5, 0.6) is 11.5 Å². The third kappa shape index (κ3) is 2.67. The number of ether oxygens (including phenoxy) is 2. The average molecular weight is 383 g/mol. The summed E-state index contributed by atoms with van der Waals surface area (Å²) in [7, 11) is 3.11. The fourth-order valence-electron chi connectivity index (χ4n) is 3.33. The zero-order valence-electron chi connectivity index (χ0n) is 13.1. The van der Waals surface area contributed by atoms with Crippen molar-refractivity contribution in [3.05, 3.63) is 22.2 Å². The van der Waals surface area contributed by atoms with E-state index in [2.05, 4.69) is 21.2 Å². The molecule has 1 spiro atoms. The van der Waals surface area contributed by atoms with E-state index in [-0.39, 0.29) is 18.5 Å². The predicted octanol–water partition coefficient (Wildman–Crippen LogP) is 2.83. The Morgan fingerprint density at radius 2 is 1.78 bits per heavy atom. The lowest BCUT2D eigenvalue weighted by Gasteiger charge is -2.20. The Hall–Kier alpha value is -1.76. The topological polar surface area (TPSA) is 67.9 Å². The van der Waals surface area contributed by atoms with Crippen molar-refractivity contribution in [2.24, 2.45) is 0 Å². The molecule has 1 aromatic rings. The Balaban J connectivity index is 1.87. The number of carbonyl (C=O) groups is 2. The maximum Gasteiger partial charge on any atom is 0.325 e. The summed E-state index contributed by atoms with van der Waals surface area (Å²) in [5.74, 6) is 1.03. The number of imide groups is 1. The Kier molecular flexibility index (Phi) is 4.23. The molecular weight excluding hydrogens is 364 g/mol. The van der Waals surface area contributed by atoms with Crippen LogP contribution < -0.4 is 14.8 Å². The summed E-state index contributed by atoms with van der Waals surface area (Å²) in [5.41, 5.74) is 0.112. The normalized spacial score (nSPS) is 19.3. The van der Waals surface area contributed by atoms with E-state index in [0.29, 0.717) is 11.5 Å². The van der Waals surface area contributed by atoms with Crippen LogP contribution in [0, 0.1) is 0 Å². The molecule has 1 aliphatic heterocycles. The SMILES string of the molecule is COc1cc(Br)c(CN2C(=O)NC3(CCCC3)C2=O)cc1OC. The van der Waals surface area contributed by atoms with Gasteiger partial charge in [-0.05, 0) is 30.5 Å². The fourth-order valence-corrected chi connectivity index (χ4v) is 3.77. The minimum atomic E-state index is -0.680. The van der Waals surface area contributed by atoms with Gasteiger partial charge in [0.25, 0.3) is 5.91 Å². The second-order valence-corrected chi connectivity index (χ2v) is 6.76. The summed E-state index contributed by atoms with van der Waals surface area (Å²) in [6.07, 6.45) is 3.39. The van der Waals surface area contributed by atoms with Crippen LogP contribution in [0.1, 0.15) is 31.2 Å². The molecule has 7 heteroatoms. The number of nitrogens with zero attached hydrogens (tertiary/aromatic N) is 1. The first kappa shape index (κ1) is 16.1. The van der Waals surface area contributed by atoms with Crippen molar-refractivity contribution in [1.29, 1.82) is 0 Å². The minimum absolute atomic E-state index is 0.123. The van der Waals surface area contributed by atoms with Gasteiger partial charge in [-0.2, -0.15) is 0 Å². The number of halogens is 1. The summed E-state index contributed by atoms with van der Waals surface area (Å²) >= 11 is 3.47. The van der Waals surface area contributed by atoms with E-state index in [1.54, 1.807) is 26.4 Å². The second-order valence-electron chi connectivity index (χ2n) is 5.91. The van der Waals surface area contributed by atoms with Crippen molar-refractivity contribution in [2.75, 3.05) is 14.2 Å². The van der Waals surface area contributed by atoms with Gasteiger partial charge in [-0.15, -0.1) is 0 Å². The molecule has 2 aliphatic rings. The third-order valence-corrected chi connectivity index (χ3v) is 5.32. The van der Waals surface area contributed by atoms with Crippen molar-refractivity contribution >= 4 is 27.9 Å². The van der Waals surface area contributed by atoms with E-state index in [1.807, 2.05) is 0 Å². The summed E-state index contributed by atoms with van der Waals surface area (Å²) in [6, 6.07) is 3.24. The fraction of sp³-hybridized carbons (Fsp3) is 0.500. The largest absolute Gasteiger partial charge is 0.493 e. The third-order valence-electron chi connectivity index (χ3n) is 4.58. The molecule has 1 saturated heterocycles. The molecule has 1 N–H and O–H groups in total. The summed E-state index contributed by atoms with van der Waals surface area (Å²) in [5, 5.41) is 2.89. The molecule has 23 heavy (non-hydrogen) atoms. The molecule has 0 bridgehead atoms. The van der Waals surface area contributed by atoms with Crippen LogP contribution in [0.4, 0.5) is 4.79 Å². The highest BCUT2D eigenvalue weighted by molar-refractivity contribution is 9.10. The van der Waals surface area contributed by atoms with Crippen molar-refractivity contribution in [2.45, 2.75) is 37.8 Å². The van der Waals surface area contributed by atoms with Gasteiger partial charge >= 0.3 is 6.03 Å². The van der Waals surface area contributed by atoms with Crippen molar-refractivity contribution < 1.29 is 19.1 Å². The number of benzene rings is 1. The standard InChI is InChI=1S/C16H19BrN2O4/c1-22-12-7-10(11(17)8-13(12)23-2)9-19-14(20)16(18-15(19)21)5-3-4-6-16/h7-8H,3-6,9H2,1-2H3,(H,18,21). The predicted molar refractivity (Wildman–Crippen MR) is 87.5 cm³/mol. The van der Waals surface area contributed by atoms with E-state index >= 15 is 0 Å². The molecule has 0 aromatic heterocycles. The highest BCUT2D eigenvalue weighted by atomic mass is 79.9. The van der Waals surface area contributed by atoms with E-state index in [4.69, 9.17) is 9.47 Å². The van der Waals surface area contributed by atoms with Crippen molar-refractivity contribution in [3.63, 3.8) is 0 Å². The smallest absolute Gasteiger partial charge is 0.325 e. The Morgan fingerprint density at radius 1 is 1.17 bits per heavy atom. The van der Waals surface area contributed by atoms with Gasteiger partial charge in [0, 0.05) is 4.47 Å². The van der Waals surface area contributed by atoms with E-state index < -0.39 is 5.54 Å². The van der Waals surface area contributed by atoms with Gasteiger partial charge < -0.3 is 14.8 Å². The molecule has 0 atom stereocenters. The quantitative estimate of drug-likeness (QED) is 0.812. The first-order valence-corrected chi connectivity index (χ1v) is 8.34. The number of methoxy groups -OCH3 is 2.